The summed E-state index contributed by atoms with van der Waals surface area (Å²) in [4.78, 5) is 3.82. The number of hydrogen-bond acceptors (Lipinski definition) is 2. The number of aliphatic imine (C=N–C) groups is 1. The van der Waals surface area contributed by atoms with Crippen LogP contribution in [0.2, 0.25) is 0 Å². The molecule has 3 nitrogen and oxygen atoms in total. The summed E-state index contributed by atoms with van der Waals surface area (Å²) in [5.41, 5.74) is 0. The van der Waals surface area contributed by atoms with E-state index in [9.17, 15) is 0 Å². The van der Waals surface area contributed by atoms with E-state index < -0.39 is 0 Å². The molecule has 3 heteroatoms. The van der Waals surface area contributed by atoms with Crippen LogP contribution in [0.3, 0.4) is 0 Å². The molecule has 0 aromatic carbocycles. The molecule has 2 N–H and O–H groups in total. The summed E-state index contributed by atoms with van der Waals surface area (Å²) in [6.45, 7) is 7.00. The van der Waals surface area contributed by atoms with Crippen molar-refractivity contribution < 1.29 is 0 Å². The molecular weight excluding hydrogens is 114 g/mol. The molecule has 9 heavy (non-hydrogen) atoms. The van der Waals surface area contributed by atoms with Gasteiger partial charge in [-0.15, -0.1) is 0 Å². The summed E-state index contributed by atoms with van der Waals surface area (Å²) in [5, 5.41) is 5.44. The lowest BCUT2D eigenvalue weighted by Crippen LogP contribution is -2.05. The topological polar surface area (TPSA) is 36.4 Å². The standard InChI is InChI=1S/C6H11N3/c1-4-8-6(2)9-5-7-3/h4-5,8H,1-2H2,3H3,(H,7,9). The van der Waals surface area contributed by atoms with Crippen LogP contribution in [0.5, 0.6) is 0 Å². The number of rotatable bonds is 4. The first-order valence-electron chi connectivity index (χ1n) is 2.57. The normalized spacial score (nSPS) is 9.00. The quantitative estimate of drug-likeness (QED) is 0.422. The first kappa shape index (κ1) is 7.75. The number of nitrogens with zero attached hydrogens (tertiary/aromatic N) is 1. The summed E-state index contributed by atoms with van der Waals surface area (Å²) in [7, 11) is 1.77. The van der Waals surface area contributed by atoms with Crippen molar-refractivity contribution in [1.82, 2.24) is 10.6 Å². The van der Waals surface area contributed by atoms with Gasteiger partial charge in [-0.25, -0.2) is 4.99 Å². The molecule has 0 aliphatic heterocycles. The second kappa shape index (κ2) is 4.90. The Morgan fingerprint density at radius 3 is 2.78 bits per heavy atom. The molecule has 50 valence electrons. The molecule has 0 heterocycles. The van der Waals surface area contributed by atoms with E-state index in [-0.39, 0.29) is 0 Å². The number of hydrogen-bond donors (Lipinski definition) is 2. The van der Waals surface area contributed by atoms with Crippen molar-refractivity contribution in [3.8, 4) is 0 Å². The minimum absolute atomic E-state index is 0.569. The van der Waals surface area contributed by atoms with Gasteiger partial charge in [-0.2, -0.15) is 0 Å². The Kier molecular flexibility index (Phi) is 4.22. The van der Waals surface area contributed by atoms with Gasteiger partial charge < -0.3 is 10.6 Å². The summed E-state index contributed by atoms with van der Waals surface area (Å²) >= 11 is 0. The highest BCUT2D eigenvalue weighted by Gasteiger charge is 1.76. The number of nitrogens with one attached hydrogen (secondary N) is 2. The molecule has 0 bridgehead atoms. The third-order valence-corrected chi connectivity index (χ3v) is 0.618. The SMILES string of the molecule is C=CNC(=C)/N=C\NC. The van der Waals surface area contributed by atoms with Crippen molar-refractivity contribution in [2.45, 2.75) is 0 Å². The summed E-state index contributed by atoms with van der Waals surface area (Å²) in [5.74, 6) is 0.569. The first-order valence-corrected chi connectivity index (χ1v) is 2.57. The maximum absolute atomic E-state index is 3.82. The molecule has 0 radical (unpaired) electrons. The fourth-order valence-corrected chi connectivity index (χ4v) is 0.298. The molecule has 0 aliphatic carbocycles. The highest BCUT2D eigenvalue weighted by Crippen LogP contribution is 1.80. The maximum Gasteiger partial charge on any atom is 0.124 e. The molecular formula is C6H11N3. The Labute approximate surface area is 55.2 Å². The monoisotopic (exact) mass is 125 g/mol. The molecule has 0 aliphatic rings. The lowest BCUT2D eigenvalue weighted by Gasteiger charge is -1.94. The molecule has 0 rings (SSSR count). The minimum Gasteiger partial charge on any atom is -0.379 e. The molecule has 0 amide bonds. The van der Waals surface area contributed by atoms with Crippen LogP contribution in [0.4, 0.5) is 0 Å². The van der Waals surface area contributed by atoms with Crippen LogP contribution >= 0.6 is 0 Å². The van der Waals surface area contributed by atoms with Gasteiger partial charge in [0.05, 0.1) is 6.34 Å². The van der Waals surface area contributed by atoms with Gasteiger partial charge in [-0.3, -0.25) is 0 Å². The molecule has 0 saturated carbocycles. The zero-order chi connectivity index (χ0) is 7.11. The Morgan fingerprint density at radius 1 is 1.67 bits per heavy atom. The average Bonchev–Trinajstić information content (AvgIpc) is 1.85. The second-order valence-electron chi connectivity index (χ2n) is 1.34. The molecule has 0 atom stereocenters. The van der Waals surface area contributed by atoms with Crippen molar-refractivity contribution in [2.24, 2.45) is 4.99 Å². The van der Waals surface area contributed by atoms with Crippen LogP contribution in [0, 0.1) is 0 Å². The van der Waals surface area contributed by atoms with E-state index in [0.717, 1.165) is 0 Å². The fraction of sp³-hybridized carbons (Fsp3) is 0.167. The van der Waals surface area contributed by atoms with E-state index in [1.54, 1.807) is 13.4 Å². The van der Waals surface area contributed by atoms with Crippen LogP contribution in [0.15, 0.2) is 30.2 Å². The van der Waals surface area contributed by atoms with Crippen LogP contribution in [0.1, 0.15) is 0 Å². The van der Waals surface area contributed by atoms with Gasteiger partial charge in [-0.1, -0.05) is 13.2 Å². The molecule has 0 unspecified atom stereocenters. The molecule has 0 fully saturated rings. The van der Waals surface area contributed by atoms with E-state index in [1.807, 2.05) is 0 Å². The molecule has 0 spiro atoms. The fourth-order valence-electron chi connectivity index (χ4n) is 0.298. The van der Waals surface area contributed by atoms with Crippen molar-refractivity contribution >= 4 is 6.34 Å². The molecule has 0 saturated heterocycles. The Balaban J connectivity index is 3.49. The van der Waals surface area contributed by atoms with Crippen LogP contribution in [-0.4, -0.2) is 13.4 Å². The van der Waals surface area contributed by atoms with Gasteiger partial charge in [0.15, 0.2) is 0 Å². The summed E-state index contributed by atoms with van der Waals surface area (Å²) < 4.78 is 0. The highest BCUT2D eigenvalue weighted by atomic mass is 15.0. The molecule has 0 aromatic rings. The van der Waals surface area contributed by atoms with Crippen molar-refractivity contribution in [1.29, 1.82) is 0 Å². The van der Waals surface area contributed by atoms with Crippen LogP contribution < -0.4 is 10.6 Å². The van der Waals surface area contributed by atoms with Gasteiger partial charge in [-0.05, 0) is 6.20 Å². The Bertz CT molecular complexity index is 126. The second-order valence-corrected chi connectivity index (χ2v) is 1.34. The zero-order valence-electron chi connectivity index (χ0n) is 5.52. The van der Waals surface area contributed by atoms with E-state index in [2.05, 4.69) is 28.8 Å². The van der Waals surface area contributed by atoms with Gasteiger partial charge in [0.25, 0.3) is 0 Å². The lowest BCUT2D eigenvalue weighted by atomic mass is 10.8. The third-order valence-electron chi connectivity index (χ3n) is 0.618. The smallest absolute Gasteiger partial charge is 0.124 e. The van der Waals surface area contributed by atoms with E-state index in [4.69, 9.17) is 0 Å². The van der Waals surface area contributed by atoms with E-state index >= 15 is 0 Å². The lowest BCUT2D eigenvalue weighted by molar-refractivity contribution is 1.03. The van der Waals surface area contributed by atoms with E-state index in [1.165, 1.54) is 6.20 Å². The van der Waals surface area contributed by atoms with Gasteiger partial charge >= 0.3 is 0 Å². The summed E-state index contributed by atoms with van der Waals surface area (Å²) in [6.07, 6.45) is 3.06. The maximum atomic E-state index is 3.82. The van der Waals surface area contributed by atoms with Gasteiger partial charge in [0.1, 0.15) is 5.82 Å². The molecule has 0 aromatic heterocycles. The summed E-state index contributed by atoms with van der Waals surface area (Å²) in [6, 6.07) is 0. The van der Waals surface area contributed by atoms with E-state index in [0.29, 0.717) is 5.82 Å². The van der Waals surface area contributed by atoms with Crippen molar-refractivity contribution in [2.75, 3.05) is 7.05 Å². The first-order chi connectivity index (χ1) is 4.31. The largest absolute Gasteiger partial charge is 0.379 e. The van der Waals surface area contributed by atoms with Crippen molar-refractivity contribution in [3.63, 3.8) is 0 Å². The highest BCUT2D eigenvalue weighted by molar-refractivity contribution is 5.55. The zero-order valence-corrected chi connectivity index (χ0v) is 5.52. The minimum atomic E-state index is 0.569. The predicted molar refractivity (Wildman–Crippen MR) is 40.0 cm³/mol. The predicted octanol–water partition coefficient (Wildman–Crippen LogP) is 0.438. The van der Waals surface area contributed by atoms with Crippen LogP contribution in [0.25, 0.3) is 0 Å². The van der Waals surface area contributed by atoms with Gasteiger partial charge in [0, 0.05) is 7.05 Å². The van der Waals surface area contributed by atoms with Crippen LogP contribution in [-0.2, 0) is 0 Å². The Hall–Kier alpha value is -1.25. The third kappa shape index (κ3) is 4.61. The van der Waals surface area contributed by atoms with Crippen molar-refractivity contribution in [3.05, 3.63) is 25.2 Å². The Morgan fingerprint density at radius 2 is 2.33 bits per heavy atom. The average molecular weight is 125 g/mol. The van der Waals surface area contributed by atoms with Gasteiger partial charge in [0.2, 0.25) is 0 Å².